The van der Waals surface area contributed by atoms with E-state index in [0.29, 0.717) is 11.1 Å². The number of fused-ring (bicyclic) bond motifs is 1. The van der Waals surface area contributed by atoms with Gasteiger partial charge < -0.3 is 9.84 Å². The van der Waals surface area contributed by atoms with Crippen LogP contribution in [-0.2, 0) is 12.7 Å². The lowest BCUT2D eigenvalue weighted by atomic mass is 9.94. The average Bonchev–Trinajstić information content (AvgIpc) is 3.01. The normalized spacial score (nSPS) is 13.0. The van der Waals surface area contributed by atoms with Crippen molar-refractivity contribution in [1.82, 2.24) is 4.98 Å². The number of aromatic nitrogens is 1. The van der Waals surface area contributed by atoms with E-state index in [2.05, 4.69) is 9.98 Å². The SMILES string of the molecule is COc1nc(C(=O)O)ccc1-c1cc(C(F)(F)F)cc2c1C=NC2. The Morgan fingerprint density at radius 2 is 2.00 bits per heavy atom. The monoisotopic (exact) mass is 336 g/mol. The number of carboxylic acids is 1. The van der Waals surface area contributed by atoms with Gasteiger partial charge in [0.25, 0.3) is 0 Å². The molecule has 0 fully saturated rings. The third-order valence-electron chi connectivity index (χ3n) is 3.64. The van der Waals surface area contributed by atoms with Crippen LogP contribution >= 0.6 is 0 Å². The summed E-state index contributed by atoms with van der Waals surface area (Å²) in [6, 6.07) is 4.67. The molecule has 1 aromatic carbocycles. The lowest BCUT2D eigenvalue weighted by Crippen LogP contribution is -2.08. The fourth-order valence-electron chi connectivity index (χ4n) is 2.54. The van der Waals surface area contributed by atoms with Crippen LogP contribution in [0.4, 0.5) is 13.2 Å². The van der Waals surface area contributed by atoms with Crippen LogP contribution in [0, 0.1) is 0 Å². The summed E-state index contributed by atoms with van der Waals surface area (Å²) in [5, 5.41) is 8.98. The van der Waals surface area contributed by atoms with Crippen LogP contribution in [-0.4, -0.2) is 29.4 Å². The molecule has 0 aliphatic carbocycles. The summed E-state index contributed by atoms with van der Waals surface area (Å²) in [6.45, 7) is 0.162. The third kappa shape index (κ3) is 2.70. The fourth-order valence-corrected chi connectivity index (χ4v) is 2.54. The van der Waals surface area contributed by atoms with Gasteiger partial charge in [0.05, 0.1) is 19.2 Å². The number of carbonyl (C=O) groups is 1. The summed E-state index contributed by atoms with van der Waals surface area (Å²) < 4.78 is 44.5. The number of hydrogen-bond donors (Lipinski definition) is 1. The van der Waals surface area contributed by atoms with Crippen LogP contribution in [0.25, 0.3) is 11.1 Å². The lowest BCUT2D eigenvalue weighted by Gasteiger charge is -2.15. The highest BCUT2D eigenvalue weighted by atomic mass is 19.4. The van der Waals surface area contributed by atoms with Gasteiger partial charge in [0, 0.05) is 17.3 Å². The molecule has 2 aromatic rings. The van der Waals surface area contributed by atoms with Crippen LogP contribution in [0.3, 0.4) is 0 Å². The Kier molecular flexibility index (Phi) is 3.75. The highest BCUT2D eigenvalue weighted by Crippen LogP contribution is 2.39. The maximum Gasteiger partial charge on any atom is 0.416 e. The Hall–Kier alpha value is -2.90. The molecule has 0 radical (unpaired) electrons. The maximum absolute atomic E-state index is 13.1. The maximum atomic E-state index is 13.1. The summed E-state index contributed by atoms with van der Waals surface area (Å²) in [6.07, 6.45) is -3.01. The third-order valence-corrected chi connectivity index (χ3v) is 3.64. The quantitative estimate of drug-likeness (QED) is 0.932. The number of methoxy groups -OCH3 is 1. The van der Waals surface area contributed by atoms with Gasteiger partial charge in [-0.1, -0.05) is 0 Å². The fraction of sp³-hybridized carbons (Fsp3) is 0.188. The zero-order chi connectivity index (χ0) is 17.5. The van der Waals surface area contributed by atoms with Crippen molar-refractivity contribution in [3.63, 3.8) is 0 Å². The molecule has 0 saturated carbocycles. The van der Waals surface area contributed by atoms with Gasteiger partial charge in [0.15, 0.2) is 5.69 Å². The number of rotatable bonds is 3. The molecule has 3 rings (SSSR count). The predicted molar refractivity (Wildman–Crippen MR) is 79.5 cm³/mol. The largest absolute Gasteiger partial charge is 0.481 e. The number of carboxylic acid groups (broad SMARTS) is 1. The van der Waals surface area contributed by atoms with Gasteiger partial charge >= 0.3 is 12.1 Å². The zero-order valence-electron chi connectivity index (χ0n) is 12.4. The van der Waals surface area contributed by atoms with Crippen LogP contribution in [0.2, 0.25) is 0 Å². The van der Waals surface area contributed by atoms with Gasteiger partial charge in [-0.3, -0.25) is 4.99 Å². The number of benzene rings is 1. The molecule has 24 heavy (non-hydrogen) atoms. The average molecular weight is 336 g/mol. The number of hydrogen-bond acceptors (Lipinski definition) is 4. The summed E-state index contributed by atoms with van der Waals surface area (Å²) in [7, 11) is 1.28. The Bertz CT molecular complexity index is 860. The molecule has 0 bridgehead atoms. The first-order valence-electron chi connectivity index (χ1n) is 6.84. The number of alkyl halides is 3. The lowest BCUT2D eigenvalue weighted by molar-refractivity contribution is -0.137. The van der Waals surface area contributed by atoms with Gasteiger partial charge in [0.1, 0.15) is 0 Å². The Balaban J connectivity index is 2.24. The van der Waals surface area contributed by atoms with E-state index in [1.165, 1.54) is 25.5 Å². The second kappa shape index (κ2) is 5.63. The number of aliphatic imine (C=N–C) groups is 1. The number of nitrogens with zero attached hydrogens (tertiary/aromatic N) is 2. The molecule has 0 atom stereocenters. The number of pyridine rings is 1. The standard InChI is InChI=1S/C16H11F3N2O3/c1-24-14-10(2-3-13(21-14)15(22)23)11-5-9(16(17,18)19)4-8-6-20-7-12(8)11/h2-5,7H,6H2,1H3,(H,22,23). The van der Waals surface area contributed by atoms with Crippen LogP contribution in [0.1, 0.15) is 27.2 Å². The molecule has 0 spiro atoms. The van der Waals surface area contributed by atoms with E-state index in [4.69, 9.17) is 9.84 Å². The van der Waals surface area contributed by atoms with Crippen LogP contribution < -0.4 is 4.74 Å². The molecular weight excluding hydrogens is 325 g/mol. The van der Waals surface area contributed by atoms with Crippen molar-refractivity contribution >= 4 is 12.2 Å². The smallest absolute Gasteiger partial charge is 0.416 e. The number of halogens is 3. The molecule has 0 amide bonds. The van der Waals surface area contributed by atoms with E-state index in [-0.39, 0.29) is 29.2 Å². The molecule has 5 nitrogen and oxygen atoms in total. The predicted octanol–water partition coefficient (Wildman–Crippen LogP) is 3.41. The van der Waals surface area contributed by atoms with E-state index in [1.807, 2.05) is 0 Å². The summed E-state index contributed by atoms with van der Waals surface area (Å²) in [4.78, 5) is 18.9. The Morgan fingerprint density at radius 3 is 2.62 bits per heavy atom. The first kappa shape index (κ1) is 16.0. The van der Waals surface area contributed by atoms with E-state index in [1.54, 1.807) is 0 Å². The zero-order valence-corrected chi connectivity index (χ0v) is 12.4. The van der Waals surface area contributed by atoms with Gasteiger partial charge in [-0.25, -0.2) is 9.78 Å². The molecule has 1 aliphatic rings. The van der Waals surface area contributed by atoms with Crippen molar-refractivity contribution in [3.05, 3.63) is 46.6 Å². The highest BCUT2D eigenvalue weighted by molar-refractivity contribution is 5.96. The minimum absolute atomic E-state index is 0.0586. The van der Waals surface area contributed by atoms with Crippen molar-refractivity contribution in [2.45, 2.75) is 12.7 Å². The van der Waals surface area contributed by atoms with Crippen molar-refractivity contribution in [3.8, 4) is 17.0 Å². The second-order valence-electron chi connectivity index (χ2n) is 5.12. The molecule has 1 N–H and O–H groups in total. The summed E-state index contributed by atoms with van der Waals surface area (Å²) in [5.74, 6) is -1.31. The van der Waals surface area contributed by atoms with E-state index in [9.17, 15) is 18.0 Å². The van der Waals surface area contributed by atoms with E-state index >= 15 is 0 Å². The topological polar surface area (TPSA) is 71.8 Å². The van der Waals surface area contributed by atoms with Gasteiger partial charge in [-0.05, 0) is 35.4 Å². The minimum atomic E-state index is -4.51. The number of aromatic carboxylic acids is 1. The molecule has 2 heterocycles. The summed E-state index contributed by atoms with van der Waals surface area (Å²) in [5.41, 5.74) is 0.468. The van der Waals surface area contributed by atoms with Crippen molar-refractivity contribution < 1.29 is 27.8 Å². The molecule has 124 valence electrons. The van der Waals surface area contributed by atoms with Crippen LogP contribution in [0.5, 0.6) is 5.88 Å². The van der Waals surface area contributed by atoms with E-state index in [0.717, 1.165) is 12.1 Å². The molecule has 8 heteroatoms. The van der Waals surface area contributed by atoms with Crippen molar-refractivity contribution in [1.29, 1.82) is 0 Å². The Morgan fingerprint density at radius 1 is 1.25 bits per heavy atom. The van der Waals surface area contributed by atoms with Crippen LogP contribution in [0.15, 0.2) is 29.3 Å². The minimum Gasteiger partial charge on any atom is -0.481 e. The second-order valence-corrected chi connectivity index (χ2v) is 5.12. The van der Waals surface area contributed by atoms with Gasteiger partial charge in [-0.15, -0.1) is 0 Å². The van der Waals surface area contributed by atoms with Gasteiger partial charge in [-0.2, -0.15) is 13.2 Å². The molecule has 0 saturated heterocycles. The molecule has 1 aliphatic heterocycles. The van der Waals surface area contributed by atoms with Gasteiger partial charge in [0.2, 0.25) is 5.88 Å². The first-order valence-corrected chi connectivity index (χ1v) is 6.84. The summed E-state index contributed by atoms with van der Waals surface area (Å²) >= 11 is 0. The Labute approximate surface area is 134 Å². The highest BCUT2D eigenvalue weighted by Gasteiger charge is 2.33. The van der Waals surface area contributed by atoms with Crippen molar-refractivity contribution in [2.75, 3.05) is 7.11 Å². The molecule has 1 aromatic heterocycles. The molecule has 0 unspecified atom stereocenters. The first-order chi connectivity index (χ1) is 11.3. The van der Waals surface area contributed by atoms with E-state index < -0.39 is 17.7 Å². The van der Waals surface area contributed by atoms with Crippen molar-refractivity contribution in [2.24, 2.45) is 4.99 Å². The molecular formula is C16H11F3N2O3. The number of ether oxygens (including phenoxy) is 1.